The molecule has 2 saturated carbocycles. The number of nitrogens with one attached hydrogen (secondary N) is 1. The average molecular weight is 471 g/mol. The molecule has 1 heterocycles. The topological polar surface area (TPSA) is 92.8 Å². The first-order valence-electron chi connectivity index (χ1n) is 12.1. The molecular formula is C28H26N2O5. The summed E-state index contributed by atoms with van der Waals surface area (Å²) in [5.74, 6) is -0.253. The zero-order valence-corrected chi connectivity index (χ0v) is 19.5. The summed E-state index contributed by atoms with van der Waals surface area (Å²) in [4.78, 5) is 53.0. The normalized spacial score (nSPS) is 29.7. The van der Waals surface area contributed by atoms with Gasteiger partial charge in [-0.25, -0.2) is 9.69 Å². The number of allylic oxidation sites excluding steroid dienone is 2. The van der Waals surface area contributed by atoms with Gasteiger partial charge in [0.1, 0.15) is 0 Å². The predicted molar refractivity (Wildman–Crippen MR) is 129 cm³/mol. The van der Waals surface area contributed by atoms with Crippen molar-refractivity contribution in [1.82, 2.24) is 0 Å². The van der Waals surface area contributed by atoms with E-state index in [0.29, 0.717) is 34.3 Å². The third kappa shape index (κ3) is 3.49. The van der Waals surface area contributed by atoms with Crippen LogP contribution in [0.4, 0.5) is 11.4 Å². The lowest BCUT2D eigenvalue weighted by atomic mass is 9.63. The molecular weight excluding hydrogens is 444 g/mol. The van der Waals surface area contributed by atoms with Crippen LogP contribution in [0.15, 0.2) is 60.7 Å². The van der Waals surface area contributed by atoms with E-state index >= 15 is 0 Å². The van der Waals surface area contributed by atoms with Crippen LogP contribution in [-0.4, -0.2) is 29.8 Å². The first-order chi connectivity index (χ1) is 16.8. The third-order valence-electron chi connectivity index (χ3n) is 7.75. The van der Waals surface area contributed by atoms with Crippen molar-refractivity contribution in [2.24, 2.45) is 35.5 Å². The summed E-state index contributed by atoms with van der Waals surface area (Å²) in [7, 11) is 0. The maximum absolute atomic E-state index is 13.4. The summed E-state index contributed by atoms with van der Waals surface area (Å²) in [6, 6.07) is 13.1. The van der Waals surface area contributed by atoms with E-state index < -0.39 is 5.97 Å². The van der Waals surface area contributed by atoms with Gasteiger partial charge >= 0.3 is 5.97 Å². The average Bonchev–Trinajstić information content (AvgIpc) is 3.62. The lowest BCUT2D eigenvalue weighted by molar-refractivity contribution is -0.124. The number of hydrogen-bond acceptors (Lipinski definition) is 5. The first kappa shape index (κ1) is 21.8. The van der Waals surface area contributed by atoms with Crippen molar-refractivity contribution in [2.45, 2.75) is 26.4 Å². The Bertz CT molecular complexity index is 1240. The molecule has 0 spiro atoms. The molecule has 6 atom stereocenters. The van der Waals surface area contributed by atoms with Crippen LogP contribution in [0.3, 0.4) is 0 Å². The predicted octanol–water partition coefficient (Wildman–Crippen LogP) is 4.06. The second kappa shape index (κ2) is 7.90. The van der Waals surface area contributed by atoms with Gasteiger partial charge in [-0.1, -0.05) is 18.2 Å². The SMILES string of the molecule is CC(C)OC(=O)c1ccc(NC(=O)c2cccc(N3C(=O)[C@@H]4[C@H]5C=C[C@@H]([C@@H]6C[C@H]56)[C@H]4C3=O)c2)cc1. The van der Waals surface area contributed by atoms with Gasteiger partial charge in [0.25, 0.3) is 5.91 Å². The van der Waals surface area contributed by atoms with E-state index in [2.05, 4.69) is 17.5 Å². The minimum atomic E-state index is -0.424. The number of imide groups is 1. The van der Waals surface area contributed by atoms with Gasteiger partial charge in [0.15, 0.2) is 0 Å². The summed E-state index contributed by atoms with van der Waals surface area (Å²) >= 11 is 0. The number of carbonyl (C=O) groups is 4. The first-order valence-corrected chi connectivity index (χ1v) is 12.1. The largest absolute Gasteiger partial charge is 0.459 e. The summed E-state index contributed by atoms with van der Waals surface area (Å²) in [6.07, 6.45) is 5.19. The van der Waals surface area contributed by atoms with Gasteiger partial charge in [-0.3, -0.25) is 14.4 Å². The van der Waals surface area contributed by atoms with Gasteiger partial charge < -0.3 is 10.1 Å². The maximum Gasteiger partial charge on any atom is 0.338 e. The number of nitrogens with zero attached hydrogens (tertiary/aromatic N) is 1. The molecule has 1 N–H and O–H groups in total. The van der Waals surface area contributed by atoms with Gasteiger partial charge in [0.2, 0.25) is 11.8 Å². The van der Waals surface area contributed by atoms with Crippen LogP contribution in [0.2, 0.25) is 0 Å². The fraction of sp³-hybridized carbons (Fsp3) is 0.357. The van der Waals surface area contributed by atoms with Crippen molar-refractivity contribution in [3.63, 3.8) is 0 Å². The van der Waals surface area contributed by atoms with Crippen LogP contribution in [0.5, 0.6) is 0 Å². The molecule has 1 aliphatic heterocycles. The van der Waals surface area contributed by atoms with Crippen molar-refractivity contribution in [3.05, 3.63) is 71.8 Å². The Kier molecular flexibility index (Phi) is 4.91. The van der Waals surface area contributed by atoms with Crippen molar-refractivity contribution < 1.29 is 23.9 Å². The van der Waals surface area contributed by atoms with E-state index in [0.717, 1.165) is 6.42 Å². The molecule has 0 unspecified atom stereocenters. The van der Waals surface area contributed by atoms with Crippen LogP contribution in [0.25, 0.3) is 0 Å². The van der Waals surface area contributed by atoms with Crippen LogP contribution < -0.4 is 10.2 Å². The van der Waals surface area contributed by atoms with E-state index in [-0.39, 0.29) is 47.5 Å². The molecule has 7 rings (SSSR count). The highest BCUT2D eigenvalue weighted by Crippen LogP contribution is 2.65. The minimum Gasteiger partial charge on any atom is -0.459 e. The molecule has 0 aromatic heterocycles. The molecule has 35 heavy (non-hydrogen) atoms. The van der Waals surface area contributed by atoms with E-state index in [9.17, 15) is 19.2 Å². The number of ether oxygens (including phenoxy) is 1. The number of rotatable bonds is 5. The molecule has 3 amide bonds. The molecule has 4 aliphatic carbocycles. The summed E-state index contributed by atoms with van der Waals surface area (Å²) in [5.41, 5.74) is 1.68. The van der Waals surface area contributed by atoms with Crippen molar-refractivity contribution in [2.75, 3.05) is 10.2 Å². The van der Waals surface area contributed by atoms with Crippen LogP contribution >= 0.6 is 0 Å². The Morgan fingerprint density at radius 3 is 2.14 bits per heavy atom. The highest BCUT2D eigenvalue weighted by atomic mass is 16.5. The van der Waals surface area contributed by atoms with E-state index in [1.165, 1.54) is 4.90 Å². The zero-order chi connectivity index (χ0) is 24.4. The number of anilines is 2. The second-order valence-corrected chi connectivity index (χ2v) is 10.2. The summed E-state index contributed by atoms with van der Waals surface area (Å²) in [5, 5.41) is 2.80. The Morgan fingerprint density at radius 2 is 1.54 bits per heavy atom. The molecule has 2 bridgehead atoms. The van der Waals surface area contributed by atoms with Gasteiger partial charge in [0, 0.05) is 11.3 Å². The molecule has 7 heteroatoms. The molecule has 2 aromatic rings. The van der Waals surface area contributed by atoms with Crippen LogP contribution in [0, 0.1) is 35.5 Å². The van der Waals surface area contributed by atoms with Gasteiger partial charge in [-0.2, -0.15) is 0 Å². The Labute approximate surface area is 203 Å². The number of amides is 3. The Balaban J connectivity index is 1.19. The Morgan fingerprint density at radius 1 is 0.914 bits per heavy atom. The standard InChI is InChI=1S/C28H26N2O5/c1-14(2)35-28(34)15-6-8-17(9-7-15)29-25(31)16-4-3-5-18(12-16)30-26(32)23-19-10-11-20(22-13-21(19)22)24(23)27(30)33/h3-12,14,19-24H,13H2,1-2H3,(H,29,31)/t19-,20-,21-,22+,23+,24+/m0/s1. The van der Waals surface area contributed by atoms with Crippen molar-refractivity contribution >= 4 is 35.1 Å². The molecule has 7 nitrogen and oxygen atoms in total. The Hall–Kier alpha value is -3.74. The highest BCUT2D eigenvalue weighted by molar-refractivity contribution is 6.23. The zero-order valence-electron chi connectivity index (χ0n) is 19.5. The van der Waals surface area contributed by atoms with Gasteiger partial charge in [-0.15, -0.1) is 0 Å². The number of carbonyl (C=O) groups excluding carboxylic acids is 4. The summed E-state index contributed by atoms with van der Waals surface area (Å²) < 4.78 is 5.18. The molecule has 0 radical (unpaired) electrons. The number of hydrogen-bond donors (Lipinski definition) is 1. The summed E-state index contributed by atoms with van der Waals surface area (Å²) in [6.45, 7) is 3.56. The highest BCUT2D eigenvalue weighted by Gasteiger charge is 2.67. The van der Waals surface area contributed by atoms with Crippen LogP contribution in [-0.2, 0) is 14.3 Å². The van der Waals surface area contributed by atoms with Gasteiger partial charge in [-0.05, 0) is 86.4 Å². The molecule has 1 saturated heterocycles. The number of benzene rings is 2. The lowest BCUT2D eigenvalue weighted by Crippen LogP contribution is -2.40. The van der Waals surface area contributed by atoms with E-state index in [1.807, 2.05) is 0 Å². The third-order valence-corrected chi connectivity index (χ3v) is 7.75. The van der Waals surface area contributed by atoms with Crippen LogP contribution in [0.1, 0.15) is 41.0 Å². The van der Waals surface area contributed by atoms with Crippen molar-refractivity contribution in [3.8, 4) is 0 Å². The van der Waals surface area contributed by atoms with E-state index in [4.69, 9.17) is 4.74 Å². The monoisotopic (exact) mass is 470 g/mol. The van der Waals surface area contributed by atoms with Crippen molar-refractivity contribution in [1.29, 1.82) is 0 Å². The fourth-order valence-corrected chi connectivity index (χ4v) is 6.17. The molecule has 178 valence electrons. The lowest BCUT2D eigenvalue weighted by Gasteiger charge is -2.37. The maximum atomic E-state index is 13.4. The smallest absolute Gasteiger partial charge is 0.338 e. The van der Waals surface area contributed by atoms with E-state index in [1.54, 1.807) is 62.4 Å². The number of esters is 1. The van der Waals surface area contributed by atoms with Gasteiger partial charge in [0.05, 0.1) is 29.2 Å². The molecule has 3 fully saturated rings. The minimum absolute atomic E-state index is 0.147. The molecule has 5 aliphatic rings. The fourth-order valence-electron chi connectivity index (χ4n) is 6.17. The molecule has 2 aromatic carbocycles. The quantitative estimate of drug-likeness (QED) is 0.404. The second-order valence-electron chi connectivity index (χ2n) is 10.2.